The van der Waals surface area contributed by atoms with Crippen molar-refractivity contribution in [1.82, 2.24) is 10.4 Å². The van der Waals surface area contributed by atoms with Crippen LogP contribution in [0.5, 0.6) is 5.75 Å². The van der Waals surface area contributed by atoms with E-state index in [9.17, 15) is 9.90 Å². The van der Waals surface area contributed by atoms with Gasteiger partial charge in [0.1, 0.15) is 5.75 Å². The Morgan fingerprint density at radius 2 is 2.20 bits per heavy atom. The Morgan fingerprint density at radius 1 is 1.40 bits per heavy atom. The van der Waals surface area contributed by atoms with Crippen molar-refractivity contribution in [3.8, 4) is 5.75 Å². The van der Waals surface area contributed by atoms with Crippen molar-refractivity contribution in [2.24, 2.45) is 5.10 Å². The van der Waals surface area contributed by atoms with E-state index < -0.39 is 5.91 Å². The largest absolute Gasteiger partial charge is 0.506 e. The van der Waals surface area contributed by atoms with E-state index in [0.29, 0.717) is 16.1 Å². The highest BCUT2D eigenvalue weighted by Crippen LogP contribution is 2.29. The molecule has 1 aromatic heterocycles. The number of halogens is 2. The maximum atomic E-state index is 11.7. The van der Waals surface area contributed by atoms with E-state index in [-0.39, 0.29) is 10.8 Å². The Labute approximate surface area is 124 Å². The van der Waals surface area contributed by atoms with Gasteiger partial charge < -0.3 is 5.11 Å². The minimum absolute atomic E-state index is 0.109. The summed E-state index contributed by atoms with van der Waals surface area (Å²) in [4.78, 5) is 15.5. The van der Waals surface area contributed by atoms with Gasteiger partial charge in [-0.15, -0.1) is 0 Å². The summed E-state index contributed by atoms with van der Waals surface area (Å²) in [7, 11) is 0. The summed E-state index contributed by atoms with van der Waals surface area (Å²) in [6.07, 6.45) is 4.23. The number of aromatic hydroxyl groups is 1. The molecule has 0 fully saturated rings. The van der Waals surface area contributed by atoms with E-state index in [1.807, 2.05) is 0 Å². The normalized spacial score (nSPS) is 10.7. The van der Waals surface area contributed by atoms with Crippen LogP contribution < -0.4 is 5.43 Å². The lowest BCUT2D eigenvalue weighted by molar-refractivity contribution is 0.0954. The summed E-state index contributed by atoms with van der Waals surface area (Å²) < 4.78 is 0. The van der Waals surface area contributed by atoms with Gasteiger partial charge in [-0.05, 0) is 24.3 Å². The number of pyridine rings is 1. The van der Waals surface area contributed by atoms with Crippen LogP contribution in [0.15, 0.2) is 41.8 Å². The first kappa shape index (κ1) is 14.3. The molecule has 5 nitrogen and oxygen atoms in total. The van der Waals surface area contributed by atoms with Gasteiger partial charge in [0.05, 0.1) is 16.8 Å². The van der Waals surface area contributed by atoms with Crippen molar-refractivity contribution in [3.63, 3.8) is 0 Å². The van der Waals surface area contributed by atoms with Crippen molar-refractivity contribution in [2.75, 3.05) is 0 Å². The molecular weight excluding hydrogens is 301 g/mol. The molecule has 0 aliphatic rings. The number of amides is 1. The molecule has 0 spiro atoms. The Kier molecular flexibility index (Phi) is 4.55. The number of phenolic OH excluding ortho intramolecular Hbond substituents is 1. The molecule has 0 saturated carbocycles. The van der Waals surface area contributed by atoms with E-state index in [2.05, 4.69) is 15.5 Å². The van der Waals surface area contributed by atoms with Crippen molar-refractivity contribution in [2.45, 2.75) is 0 Å². The van der Waals surface area contributed by atoms with Gasteiger partial charge in [-0.1, -0.05) is 23.2 Å². The summed E-state index contributed by atoms with van der Waals surface area (Å²) in [5, 5.41) is 13.9. The molecule has 0 atom stereocenters. The molecule has 20 heavy (non-hydrogen) atoms. The standard InChI is InChI=1S/C13H9Cl2N3O2/c14-10-4-9(12(19)11(15)5-10)7-17-18-13(20)8-2-1-3-16-6-8/h1-7,19H,(H,18,20)/b17-7-. The molecule has 1 aromatic carbocycles. The predicted molar refractivity (Wildman–Crippen MR) is 77.4 cm³/mol. The lowest BCUT2D eigenvalue weighted by atomic mass is 10.2. The average molecular weight is 310 g/mol. The van der Waals surface area contributed by atoms with E-state index in [0.717, 1.165) is 0 Å². The Morgan fingerprint density at radius 3 is 2.90 bits per heavy atom. The molecule has 2 rings (SSSR count). The quantitative estimate of drug-likeness (QED) is 0.676. The van der Waals surface area contributed by atoms with Crippen molar-refractivity contribution in [1.29, 1.82) is 0 Å². The number of hydrogen-bond donors (Lipinski definition) is 2. The number of phenols is 1. The van der Waals surface area contributed by atoms with E-state index in [4.69, 9.17) is 23.2 Å². The Balaban J connectivity index is 2.10. The maximum Gasteiger partial charge on any atom is 0.272 e. The van der Waals surface area contributed by atoms with Gasteiger partial charge in [-0.25, -0.2) is 5.43 Å². The van der Waals surface area contributed by atoms with Crippen molar-refractivity contribution in [3.05, 3.63) is 57.8 Å². The number of hydrogen-bond acceptors (Lipinski definition) is 4. The van der Waals surface area contributed by atoms with Crippen LogP contribution in [-0.4, -0.2) is 22.2 Å². The van der Waals surface area contributed by atoms with E-state index in [1.165, 1.54) is 24.5 Å². The number of carbonyl (C=O) groups is 1. The second-order valence-corrected chi connectivity index (χ2v) is 4.61. The third-order valence-corrected chi connectivity index (χ3v) is 2.86. The number of rotatable bonds is 3. The fourth-order valence-electron chi connectivity index (χ4n) is 1.41. The maximum absolute atomic E-state index is 11.7. The zero-order valence-electron chi connectivity index (χ0n) is 10.0. The van der Waals surface area contributed by atoms with E-state index >= 15 is 0 Å². The summed E-state index contributed by atoms with van der Waals surface area (Å²) >= 11 is 11.6. The molecule has 1 heterocycles. The fourth-order valence-corrected chi connectivity index (χ4v) is 1.92. The van der Waals surface area contributed by atoms with Crippen LogP contribution in [0.2, 0.25) is 10.0 Å². The molecule has 0 aliphatic carbocycles. The SMILES string of the molecule is O=C(N/N=C\c1cc(Cl)cc(Cl)c1O)c1cccnc1. The van der Waals surface area contributed by atoms with Gasteiger partial charge in [0.2, 0.25) is 0 Å². The second kappa shape index (κ2) is 6.36. The van der Waals surface area contributed by atoms with Gasteiger partial charge in [-0.2, -0.15) is 5.10 Å². The first-order valence-corrected chi connectivity index (χ1v) is 6.25. The zero-order chi connectivity index (χ0) is 14.5. The molecule has 2 aromatic rings. The van der Waals surface area contributed by atoms with Crippen molar-refractivity contribution >= 4 is 35.3 Å². The minimum atomic E-state index is -0.415. The van der Waals surface area contributed by atoms with E-state index in [1.54, 1.807) is 18.3 Å². The van der Waals surface area contributed by atoms with Crippen LogP contribution in [0, 0.1) is 0 Å². The lowest BCUT2D eigenvalue weighted by Crippen LogP contribution is -2.17. The number of hydrazone groups is 1. The molecular formula is C13H9Cl2N3O2. The highest BCUT2D eigenvalue weighted by molar-refractivity contribution is 6.36. The van der Waals surface area contributed by atoms with Gasteiger partial charge in [0, 0.05) is 23.0 Å². The minimum Gasteiger partial charge on any atom is -0.506 e. The molecule has 0 radical (unpaired) electrons. The Hall–Kier alpha value is -2.11. The fraction of sp³-hybridized carbons (Fsp3) is 0. The topological polar surface area (TPSA) is 74.6 Å². The van der Waals surface area contributed by atoms with Crippen LogP contribution in [0.3, 0.4) is 0 Å². The van der Waals surface area contributed by atoms with Crippen LogP contribution in [0.25, 0.3) is 0 Å². The van der Waals surface area contributed by atoms with Crippen LogP contribution in [-0.2, 0) is 0 Å². The molecule has 2 N–H and O–H groups in total. The number of carbonyl (C=O) groups excluding carboxylic acids is 1. The Bertz CT molecular complexity index is 660. The lowest BCUT2D eigenvalue weighted by Gasteiger charge is -2.02. The third-order valence-electron chi connectivity index (χ3n) is 2.35. The summed E-state index contributed by atoms with van der Waals surface area (Å²) in [5.74, 6) is -0.572. The highest BCUT2D eigenvalue weighted by Gasteiger charge is 2.06. The van der Waals surface area contributed by atoms with Gasteiger partial charge in [0.25, 0.3) is 5.91 Å². The second-order valence-electron chi connectivity index (χ2n) is 3.77. The molecule has 0 aliphatic heterocycles. The smallest absolute Gasteiger partial charge is 0.272 e. The number of benzene rings is 1. The molecule has 0 saturated heterocycles. The van der Waals surface area contributed by atoms with Gasteiger partial charge in [0.15, 0.2) is 0 Å². The predicted octanol–water partition coefficient (Wildman–Crippen LogP) is 2.86. The highest BCUT2D eigenvalue weighted by atomic mass is 35.5. The van der Waals surface area contributed by atoms with Crippen LogP contribution in [0.4, 0.5) is 0 Å². The molecule has 1 amide bonds. The van der Waals surface area contributed by atoms with Crippen molar-refractivity contribution < 1.29 is 9.90 Å². The average Bonchev–Trinajstić information content (AvgIpc) is 2.44. The van der Waals surface area contributed by atoms with Crippen LogP contribution >= 0.6 is 23.2 Å². The molecule has 102 valence electrons. The molecule has 0 bridgehead atoms. The first-order valence-electron chi connectivity index (χ1n) is 5.49. The summed E-state index contributed by atoms with van der Waals surface area (Å²) in [5.41, 5.74) is 2.98. The summed E-state index contributed by atoms with van der Waals surface area (Å²) in [6.45, 7) is 0. The monoisotopic (exact) mass is 309 g/mol. The number of nitrogens with zero attached hydrogens (tertiary/aromatic N) is 2. The van der Waals surface area contributed by atoms with Gasteiger partial charge >= 0.3 is 0 Å². The first-order chi connectivity index (χ1) is 9.58. The molecule has 7 heteroatoms. The van der Waals surface area contributed by atoms with Crippen LogP contribution in [0.1, 0.15) is 15.9 Å². The molecule has 0 unspecified atom stereocenters. The third kappa shape index (κ3) is 3.46. The van der Waals surface area contributed by atoms with Gasteiger partial charge in [-0.3, -0.25) is 9.78 Å². The number of aromatic nitrogens is 1. The summed E-state index contributed by atoms with van der Waals surface area (Å²) in [6, 6.07) is 6.12. The zero-order valence-corrected chi connectivity index (χ0v) is 11.6. The number of nitrogens with one attached hydrogen (secondary N) is 1.